The van der Waals surface area contributed by atoms with Crippen molar-refractivity contribution in [2.24, 2.45) is 0 Å². The van der Waals surface area contributed by atoms with E-state index in [4.69, 9.17) is 4.74 Å². The molecule has 0 amide bonds. The number of aryl methyl sites for hydroxylation is 1. The molecule has 0 aliphatic heterocycles. The van der Waals surface area contributed by atoms with Crippen LogP contribution < -0.4 is 4.74 Å². The van der Waals surface area contributed by atoms with E-state index < -0.39 is 0 Å². The number of ketones is 1. The summed E-state index contributed by atoms with van der Waals surface area (Å²) in [5.41, 5.74) is 1.62. The van der Waals surface area contributed by atoms with E-state index in [9.17, 15) is 4.79 Å². The highest BCUT2D eigenvalue weighted by Crippen LogP contribution is 2.30. The Hall–Kier alpha value is -1.61. The Bertz CT molecular complexity index is 591. The Balaban J connectivity index is 2.42. The first-order valence-corrected chi connectivity index (χ1v) is 6.41. The minimum absolute atomic E-state index is 0.00826. The van der Waals surface area contributed by atoms with E-state index in [1.165, 1.54) is 6.92 Å². The molecule has 18 heavy (non-hydrogen) atoms. The molecule has 0 heterocycles. The minimum Gasteiger partial charge on any atom is -0.456 e. The lowest BCUT2D eigenvalue weighted by atomic mass is 10.1. The normalized spacial score (nSPS) is 10.2. The first-order valence-electron chi connectivity index (χ1n) is 5.62. The third-order valence-corrected chi connectivity index (χ3v) is 3.13. The van der Waals surface area contributed by atoms with Crippen LogP contribution in [0.2, 0.25) is 0 Å². The molecule has 0 aliphatic rings. The van der Waals surface area contributed by atoms with Crippen molar-refractivity contribution in [3.05, 3.63) is 58.1 Å². The highest BCUT2D eigenvalue weighted by atomic mass is 79.9. The van der Waals surface area contributed by atoms with Crippen LogP contribution in [0, 0.1) is 6.92 Å². The number of hydrogen-bond acceptors (Lipinski definition) is 2. The van der Waals surface area contributed by atoms with Crippen LogP contribution in [-0.2, 0) is 0 Å². The molecule has 0 unspecified atom stereocenters. The molecule has 2 rings (SSSR count). The summed E-state index contributed by atoms with van der Waals surface area (Å²) in [5, 5.41) is 0. The number of benzene rings is 2. The van der Waals surface area contributed by atoms with Crippen molar-refractivity contribution in [1.82, 2.24) is 0 Å². The molecule has 0 spiro atoms. The Morgan fingerprint density at radius 2 is 1.83 bits per heavy atom. The second-order valence-corrected chi connectivity index (χ2v) is 4.98. The van der Waals surface area contributed by atoms with Crippen LogP contribution in [0.15, 0.2) is 46.9 Å². The van der Waals surface area contributed by atoms with Gasteiger partial charge in [-0.25, -0.2) is 0 Å². The van der Waals surface area contributed by atoms with Crippen LogP contribution in [0.25, 0.3) is 0 Å². The molecule has 2 aromatic rings. The summed E-state index contributed by atoms with van der Waals surface area (Å²) in [6.07, 6.45) is 0. The van der Waals surface area contributed by atoms with Crippen molar-refractivity contribution >= 4 is 21.7 Å². The third kappa shape index (κ3) is 2.79. The highest BCUT2D eigenvalue weighted by Gasteiger charge is 2.10. The molecule has 0 saturated carbocycles. The number of halogens is 1. The molecule has 0 radical (unpaired) electrons. The summed E-state index contributed by atoms with van der Waals surface area (Å²) >= 11 is 3.39. The standard InChI is InChI=1S/C15H13BrO2/c1-10-5-3-4-6-14(10)18-15-9-12(16)7-8-13(15)11(2)17/h3-9H,1-2H3. The van der Waals surface area contributed by atoms with Gasteiger partial charge in [-0.15, -0.1) is 0 Å². The van der Waals surface area contributed by atoms with Crippen molar-refractivity contribution in [1.29, 1.82) is 0 Å². The van der Waals surface area contributed by atoms with Crippen molar-refractivity contribution < 1.29 is 9.53 Å². The fourth-order valence-electron chi connectivity index (χ4n) is 1.66. The van der Waals surface area contributed by atoms with Gasteiger partial charge >= 0.3 is 0 Å². The Labute approximate surface area is 115 Å². The average Bonchev–Trinajstić information content (AvgIpc) is 2.32. The van der Waals surface area contributed by atoms with E-state index in [1.54, 1.807) is 6.07 Å². The maximum absolute atomic E-state index is 11.6. The van der Waals surface area contributed by atoms with E-state index >= 15 is 0 Å². The molecular weight excluding hydrogens is 292 g/mol. The fourth-order valence-corrected chi connectivity index (χ4v) is 2.00. The first-order chi connectivity index (χ1) is 8.58. The molecule has 0 aliphatic carbocycles. The monoisotopic (exact) mass is 304 g/mol. The number of para-hydroxylation sites is 1. The number of rotatable bonds is 3. The van der Waals surface area contributed by atoms with Gasteiger partial charge in [0.15, 0.2) is 5.78 Å². The summed E-state index contributed by atoms with van der Waals surface area (Å²) < 4.78 is 6.72. The second kappa shape index (κ2) is 5.36. The topological polar surface area (TPSA) is 26.3 Å². The average molecular weight is 305 g/mol. The first kappa shape index (κ1) is 12.8. The van der Waals surface area contributed by atoms with E-state index in [-0.39, 0.29) is 5.78 Å². The van der Waals surface area contributed by atoms with Gasteiger partial charge < -0.3 is 4.74 Å². The molecule has 0 atom stereocenters. The maximum Gasteiger partial charge on any atom is 0.163 e. The molecule has 3 heteroatoms. The van der Waals surface area contributed by atoms with Crippen LogP contribution in [-0.4, -0.2) is 5.78 Å². The quantitative estimate of drug-likeness (QED) is 0.765. The molecule has 0 fully saturated rings. The lowest BCUT2D eigenvalue weighted by molar-refractivity contribution is 0.101. The van der Waals surface area contributed by atoms with Gasteiger partial charge in [0.25, 0.3) is 0 Å². The van der Waals surface area contributed by atoms with Crippen molar-refractivity contribution in [2.75, 3.05) is 0 Å². The summed E-state index contributed by atoms with van der Waals surface area (Å²) in [7, 11) is 0. The van der Waals surface area contributed by atoms with Gasteiger partial charge in [-0.3, -0.25) is 4.79 Å². The number of Topliss-reactive ketones (excluding diaryl/α,β-unsaturated/α-hetero) is 1. The van der Waals surface area contributed by atoms with Crippen LogP contribution in [0.5, 0.6) is 11.5 Å². The number of carbonyl (C=O) groups is 1. The van der Waals surface area contributed by atoms with E-state index in [2.05, 4.69) is 15.9 Å². The van der Waals surface area contributed by atoms with E-state index in [1.807, 2.05) is 43.3 Å². The van der Waals surface area contributed by atoms with Crippen LogP contribution >= 0.6 is 15.9 Å². The zero-order chi connectivity index (χ0) is 13.1. The second-order valence-electron chi connectivity index (χ2n) is 4.06. The van der Waals surface area contributed by atoms with Gasteiger partial charge in [0.2, 0.25) is 0 Å². The lowest BCUT2D eigenvalue weighted by Crippen LogP contribution is -1.97. The Morgan fingerprint density at radius 1 is 1.11 bits per heavy atom. The number of ether oxygens (including phenoxy) is 1. The smallest absolute Gasteiger partial charge is 0.163 e. The van der Waals surface area contributed by atoms with E-state index in [0.29, 0.717) is 11.3 Å². The summed E-state index contributed by atoms with van der Waals surface area (Å²) in [6.45, 7) is 3.51. The van der Waals surface area contributed by atoms with Gasteiger partial charge in [0.1, 0.15) is 11.5 Å². The Kier molecular flexibility index (Phi) is 3.82. The summed E-state index contributed by atoms with van der Waals surface area (Å²) in [4.78, 5) is 11.6. The summed E-state index contributed by atoms with van der Waals surface area (Å²) in [5.74, 6) is 1.33. The highest BCUT2D eigenvalue weighted by molar-refractivity contribution is 9.10. The van der Waals surface area contributed by atoms with Gasteiger partial charge in [-0.05, 0) is 43.7 Å². The zero-order valence-corrected chi connectivity index (χ0v) is 11.8. The molecule has 0 N–H and O–H groups in total. The van der Waals surface area contributed by atoms with Crippen LogP contribution in [0.4, 0.5) is 0 Å². The zero-order valence-electron chi connectivity index (χ0n) is 10.2. The molecule has 0 saturated heterocycles. The molecule has 0 bridgehead atoms. The van der Waals surface area contributed by atoms with Gasteiger partial charge in [-0.2, -0.15) is 0 Å². The predicted molar refractivity (Wildman–Crippen MR) is 75.4 cm³/mol. The minimum atomic E-state index is -0.00826. The van der Waals surface area contributed by atoms with Crippen molar-refractivity contribution in [2.45, 2.75) is 13.8 Å². The SMILES string of the molecule is CC(=O)c1ccc(Br)cc1Oc1ccccc1C. The maximum atomic E-state index is 11.6. The molecule has 2 aromatic carbocycles. The summed E-state index contributed by atoms with van der Waals surface area (Å²) in [6, 6.07) is 13.1. The van der Waals surface area contributed by atoms with Gasteiger partial charge in [0, 0.05) is 4.47 Å². The molecule has 0 aromatic heterocycles. The Morgan fingerprint density at radius 3 is 2.50 bits per heavy atom. The largest absolute Gasteiger partial charge is 0.456 e. The van der Waals surface area contributed by atoms with Crippen LogP contribution in [0.1, 0.15) is 22.8 Å². The predicted octanol–water partition coefficient (Wildman–Crippen LogP) is 4.75. The van der Waals surface area contributed by atoms with Crippen molar-refractivity contribution in [3.63, 3.8) is 0 Å². The third-order valence-electron chi connectivity index (χ3n) is 2.64. The van der Waals surface area contributed by atoms with Gasteiger partial charge in [0.05, 0.1) is 5.56 Å². The molecule has 92 valence electrons. The lowest BCUT2D eigenvalue weighted by Gasteiger charge is -2.11. The number of carbonyl (C=O) groups excluding carboxylic acids is 1. The van der Waals surface area contributed by atoms with Gasteiger partial charge in [-0.1, -0.05) is 34.1 Å². The molecule has 2 nitrogen and oxygen atoms in total. The molecular formula is C15H13BrO2. The van der Waals surface area contributed by atoms with E-state index in [0.717, 1.165) is 15.8 Å². The van der Waals surface area contributed by atoms with Crippen molar-refractivity contribution in [3.8, 4) is 11.5 Å². The van der Waals surface area contributed by atoms with Crippen LogP contribution in [0.3, 0.4) is 0 Å². The fraction of sp³-hybridized carbons (Fsp3) is 0.133. The number of hydrogen-bond donors (Lipinski definition) is 0.